The fraction of sp³-hybridized carbons (Fsp3) is 0.480. The molecular formula is C25H33N3O5S. The molecule has 2 saturated heterocycles. The number of amides is 1. The third kappa shape index (κ3) is 5.96. The molecule has 8 nitrogen and oxygen atoms in total. The number of benzene rings is 2. The zero-order valence-corrected chi connectivity index (χ0v) is 20.4. The zero-order valence-electron chi connectivity index (χ0n) is 19.5. The van der Waals surface area contributed by atoms with Crippen LogP contribution < -0.4 is 14.8 Å². The maximum Gasteiger partial charge on any atom is 0.251 e. The SMILES string of the molecule is COc1ccccc1C(CNC(=O)c1cccc(S(=O)(=O)NCC2CCCO2)c1)N1CCCC1. The first-order valence-corrected chi connectivity index (χ1v) is 13.3. The van der Waals surface area contributed by atoms with Crippen LogP contribution in [0.25, 0.3) is 0 Å². The van der Waals surface area contributed by atoms with Gasteiger partial charge in [0.15, 0.2) is 0 Å². The van der Waals surface area contributed by atoms with E-state index in [2.05, 4.69) is 14.9 Å². The molecule has 0 bridgehead atoms. The molecule has 9 heteroatoms. The van der Waals surface area contributed by atoms with Crippen molar-refractivity contribution in [3.63, 3.8) is 0 Å². The van der Waals surface area contributed by atoms with Crippen LogP contribution in [-0.2, 0) is 14.8 Å². The fourth-order valence-corrected chi connectivity index (χ4v) is 5.73. The summed E-state index contributed by atoms with van der Waals surface area (Å²) in [6.45, 7) is 3.21. The lowest BCUT2D eigenvalue weighted by Gasteiger charge is -2.29. The van der Waals surface area contributed by atoms with E-state index in [-0.39, 0.29) is 29.5 Å². The number of hydrogen-bond acceptors (Lipinski definition) is 6. The number of rotatable bonds is 10. The van der Waals surface area contributed by atoms with Gasteiger partial charge >= 0.3 is 0 Å². The van der Waals surface area contributed by atoms with Gasteiger partial charge < -0.3 is 14.8 Å². The lowest BCUT2D eigenvalue weighted by molar-refractivity contribution is 0.0937. The van der Waals surface area contributed by atoms with Gasteiger partial charge in [-0.2, -0.15) is 0 Å². The molecule has 2 aromatic carbocycles. The second kappa shape index (κ2) is 11.3. The molecule has 184 valence electrons. The number of sulfonamides is 1. The average molecular weight is 488 g/mol. The van der Waals surface area contributed by atoms with E-state index in [4.69, 9.17) is 9.47 Å². The molecule has 2 heterocycles. The Morgan fingerprint density at radius 3 is 2.68 bits per heavy atom. The first kappa shape index (κ1) is 24.7. The summed E-state index contributed by atoms with van der Waals surface area (Å²) in [5.74, 6) is 0.481. The van der Waals surface area contributed by atoms with Crippen LogP contribution in [0.5, 0.6) is 5.75 Å². The van der Waals surface area contributed by atoms with Crippen molar-refractivity contribution in [1.29, 1.82) is 0 Å². The number of para-hydroxylation sites is 1. The Morgan fingerprint density at radius 2 is 1.94 bits per heavy atom. The highest BCUT2D eigenvalue weighted by atomic mass is 32.2. The Morgan fingerprint density at radius 1 is 1.15 bits per heavy atom. The summed E-state index contributed by atoms with van der Waals surface area (Å²) in [5, 5.41) is 3.01. The fourth-order valence-electron chi connectivity index (χ4n) is 4.62. The summed E-state index contributed by atoms with van der Waals surface area (Å²) in [5.41, 5.74) is 1.34. The van der Waals surface area contributed by atoms with Crippen LogP contribution in [0.1, 0.15) is 47.6 Å². The van der Waals surface area contributed by atoms with E-state index in [0.717, 1.165) is 50.1 Å². The van der Waals surface area contributed by atoms with E-state index in [1.54, 1.807) is 19.2 Å². The molecule has 2 atom stereocenters. The van der Waals surface area contributed by atoms with E-state index in [1.807, 2.05) is 24.3 Å². The van der Waals surface area contributed by atoms with Crippen LogP contribution in [0, 0.1) is 0 Å². The quantitative estimate of drug-likeness (QED) is 0.535. The van der Waals surface area contributed by atoms with Crippen molar-refractivity contribution in [1.82, 2.24) is 14.9 Å². The minimum Gasteiger partial charge on any atom is -0.496 e. The number of likely N-dealkylation sites (tertiary alicyclic amines) is 1. The molecular weight excluding hydrogens is 454 g/mol. The summed E-state index contributed by atoms with van der Waals surface area (Å²) in [4.78, 5) is 15.4. The van der Waals surface area contributed by atoms with Gasteiger partial charge in [0.25, 0.3) is 5.91 Å². The summed E-state index contributed by atoms with van der Waals surface area (Å²) < 4.78 is 39.1. The average Bonchev–Trinajstić information content (AvgIpc) is 3.58. The minimum absolute atomic E-state index is 0.0254. The number of hydrogen-bond donors (Lipinski definition) is 2. The van der Waals surface area contributed by atoms with Crippen molar-refractivity contribution in [2.75, 3.05) is 39.9 Å². The van der Waals surface area contributed by atoms with Gasteiger partial charge in [-0.3, -0.25) is 9.69 Å². The van der Waals surface area contributed by atoms with Crippen LogP contribution in [0.4, 0.5) is 0 Å². The zero-order chi connectivity index (χ0) is 24.0. The minimum atomic E-state index is -3.73. The molecule has 0 aliphatic carbocycles. The Bertz CT molecular complexity index is 1080. The standard InChI is InChI=1S/C25H33N3O5S/c1-32-24-12-3-2-11-22(24)23(28-13-4-5-14-28)18-26-25(29)19-8-6-10-21(16-19)34(30,31)27-17-20-9-7-15-33-20/h2-3,6,8,10-12,16,20,23,27H,4-5,7,9,13-15,17-18H2,1H3,(H,26,29). The van der Waals surface area contributed by atoms with Gasteiger partial charge in [0, 0.05) is 30.8 Å². The van der Waals surface area contributed by atoms with Gasteiger partial charge in [0.1, 0.15) is 5.75 Å². The van der Waals surface area contributed by atoms with Gasteiger partial charge in [-0.05, 0) is 63.0 Å². The van der Waals surface area contributed by atoms with Gasteiger partial charge in [-0.25, -0.2) is 13.1 Å². The third-order valence-electron chi connectivity index (χ3n) is 6.47. The number of carbonyl (C=O) groups excluding carboxylic acids is 1. The first-order chi connectivity index (χ1) is 16.5. The highest BCUT2D eigenvalue weighted by molar-refractivity contribution is 7.89. The highest BCUT2D eigenvalue weighted by Gasteiger charge is 2.27. The molecule has 2 aromatic rings. The molecule has 0 saturated carbocycles. The lowest BCUT2D eigenvalue weighted by atomic mass is 10.0. The van der Waals surface area contributed by atoms with Gasteiger partial charge in [-0.15, -0.1) is 0 Å². The summed E-state index contributed by atoms with van der Waals surface area (Å²) in [6.07, 6.45) is 3.93. The molecule has 2 aliphatic rings. The molecule has 0 aromatic heterocycles. The molecule has 1 amide bonds. The maximum atomic E-state index is 13.0. The molecule has 2 aliphatic heterocycles. The molecule has 4 rings (SSSR count). The van der Waals surface area contributed by atoms with Crippen LogP contribution in [0.3, 0.4) is 0 Å². The van der Waals surface area contributed by atoms with Crippen LogP contribution in [0.2, 0.25) is 0 Å². The largest absolute Gasteiger partial charge is 0.496 e. The second-order valence-corrected chi connectivity index (χ2v) is 10.5. The van der Waals surface area contributed by atoms with E-state index < -0.39 is 10.0 Å². The van der Waals surface area contributed by atoms with Crippen molar-refractivity contribution < 1.29 is 22.7 Å². The van der Waals surface area contributed by atoms with Crippen LogP contribution in [0.15, 0.2) is 53.4 Å². The summed E-state index contributed by atoms with van der Waals surface area (Å²) in [7, 11) is -2.08. The van der Waals surface area contributed by atoms with Crippen LogP contribution >= 0.6 is 0 Å². The van der Waals surface area contributed by atoms with Crippen molar-refractivity contribution in [3.8, 4) is 5.75 Å². The number of nitrogens with zero attached hydrogens (tertiary/aromatic N) is 1. The predicted molar refractivity (Wildman–Crippen MR) is 129 cm³/mol. The number of carbonyl (C=O) groups is 1. The molecule has 0 radical (unpaired) electrons. The maximum absolute atomic E-state index is 13.0. The molecule has 0 spiro atoms. The molecule has 2 N–H and O–H groups in total. The van der Waals surface area contributed by atoms with Crippen molar-refractivity contribution in [2.45, 2.75) is 42.7 Å². The van der Waals surface area contributed by atoms with E-state index in [0.29, 0.717) is 18.7 Å². The monoisotopic (exact) mass is 487 g/mol. The molecule has 34 heavy (non-hydrogen) atoms. The molecule has 2 fully saturated rings. The third-order valence-corrected chi connectivity index (χ3v) is 7.89. The number of methoxy groups -OCH3 is 1. The van der Waals surface area contributed by atoms with Crippen molar-refractivity contribution in [3.05, 3.63) is 59.7 Å². The van der Waals surface area contributed by atoms with Gasteiger partial charge in [-0.1, -0.05) is 24.3 Å². The smallest absolute Gasteiger partial charge is 0.251 e. The Balaban J connectivity index is 1.45. The topological polar surface area (TPSA) is 97.0 Å². The second-order valence-electron chi connectivity index (χ2n) is 8.73. The van der Waals surface area contributed by atoms with Crippen molar-refractivity contribution >= 4 is 15.9 Å². The van der Waals surface area contributed by atoms with E-state index in [9.17, 15) is 13.2 Å². The lowest BCUT2D eigenvalue weighted by Crippen LogP contribution is -2.37. The Hall–Kier alpha value is -2.46. The number of nitrogens with one attached hydrogen (secondary N) is 2. The van der Waals surface area contributed by atoms with Gasteiger partial charge in [0.2, 0.25) is 10.0 Å². The normalized spacial score (nSPS) is 19.7. The van der Waals surface area contributed by atoms with Crippen molar-refractivity contribution in [2.24, 2.45) is 0 Å². The first-order valence-electron chi connectivity index (χ1n) is 11.8. The molecule has 2 unspecified atom stereocenters. The van der Waals surface area contributed by atoms with E-state index >= 15 is 0 Å². The predicted octanol–water partition coefficient (Wildman–Crippen LogP) is 2.72. The Kier molecular flexibility index (Phi) is 8.20. The van der Waals surface area contributed by atoms with Crippen LogP contribution in [-0.4, -0.2) is 65.2 Å². The summed E-state index contributed by atoms with van der Waals surface area (Å²) >= 11 is 0. The summed E-state index contributed by atoms with van der Waals surface area (Å²) in [6, 6.07) is 14.0. The Labute approximate surface area is 201 Å². The van der Waals surface area contributed by atoms with Gasteiger partial charge in [0.05, 0.1) is 24.2 Å². The van der Waals surface area contributed by atoms with E-state index in [1.165, 1.54) is 12.1 Å². The highest BCUT2D eigenvalue weighted by Crippen LogP contribution is 2.31. The number of ether oxygens (including phenoxy) is 2.